The van der Waals surface area contributed by atoms with Crippen LogP contribution in [-0.4, -0.2) is 38.4 Å². The third-order valence-electron chi connectivity index (χ3n) is 5.56. The van der Waals surface area contributed by atoms with Gasteiger partial charge in [-0.15, -0.1) is 10.2 Å². The van der Waals surface area contributed by atoms with E-state index in [0.717, 1.165) is 12.8 Å². The van der Waals surface area contributed by atoms with E-state index in [1.54, 1.807) is 24.3 Å². The van der Waals surface area contributed by atoms with Crippen LogP contribution >= 0.6 is 23.4 Å². The summed E-state index contributed by atoms with van der Waals surface area (Å²) < 4.78 is 1.98. The molecule has 9 heteroatoms. The van der Waals surface area contributed by atoms with Crippen LogP contribution in [-0.2, 0) is 11.3 Å². The van der Waals surface area contributed by atoms with Crippen molar-refractivity contribution in [3.05, 3.63) is 40.7 Å². The molecule has 1 aliphatic carbocycles. The lowest BCUT2D eigenvalue weighted by Crippen LogP contribution is -2.34. The zero-order chi connectivity index (χ0) is 23.1. The molecule has 1 fully saturated rings. The molecule has 0 spiro atoms. The quantitative estimate of drug-likeness (QED) is 0.487. The van der Waals surface area contributed by atoms with Crippen molar-refractivity contribution in [3.8, 4) is 0 Å². The van der Waals surface area contributed by atoms with Crippen molar-refractivity contribution < 1.29 is 9.59 Å². The first-order valence-electron chi connectivity index (χ1n) is 11.3. The van der Waals surface area contributed by atoms with Crippen LogP contribution in [0.15, 0.2) is 29.4 Å². The standard InChI is InChI=1S/C23H32ClN5O2S/c1-4-29-21(27-28-23(29)32-14-20(30)25-16-9-5-6-10-16)19(13-15(2)3)26-22(31)17-11-7-8-12-18(17)24/h7-8,11-12,15-16,19H,4-6,9-10,13-14H2,1-3H3,(H,25,30)(H,26,31). The van der Waals surface area contributed by atoms with Crippen molar-refractivity contribution in [2.24, 2.45) is 5.92 Å². The Balaban J connectivity index is 1.72. The first-order chi connectivity index (χ1) is 15.4. The molecule has 174 valence electrons. The summed E-state index contributed by atoms with van der Waals surface area (Å²) >= 11 is 7.59. The molecular formula is C23H32ClN5O2S. The lowest BCUT2D eigenvalue weighted by atomic mass is 10.0. The van der Waals surface area contributed by atoms with Gasteiger partial charge in [-0.1, -0.05) is 62.2 Å². The molecule has 1 aliphatic rings. The largest absolute Gasteiger partial charge is 0.353 e. The first-order valence-corrected chi connectivity index (χ1v) is 12.7. The van der Waals surface area contributed by atoms with E-state index < -0.39 is 0 Å². The van der Waals surface area contributed by atoms with Crippen molar-refractivity contribution in [3.63, 3.8) is 0 Å². The number of nitrogens with one attached hydrogen (secondary N) is 2. The Bertz CT molecular complexity index is 927. The van der Waals surface area contributed by atoms with Crippen molar-refractivity contribution in [2.45, 2.75) is 76.7 Å². The Morgan fingerprint density at radius 3 is 2.59 bits per heavy atom. The fourth-order valence-corrected chi connectivity index (χ4v) is 5.06. The van der Waals surface area contributed by atoms with E-state index >= 15 is 0 Å². The summed E-state index contributed by atoms with van der Waals surface area (Å²) in [5.74, 6) is 1.12. The number of amides is 2. The number of hydrogen-bond acceptors (Lipinski definition) is 5. The van der Waals surface area contributed by atoms with Crippen LogP contribution in [0.4, 0.5) is 0 Å². The number of carbonyl (C=O) groups excluding carboxylic acids is 2. The van der Waals surface area contributed by atoms with Gasteiger partial charge in [0.2, 0.25) is 5.91 Å². The number of benzene rings is 1. The van der Waals surface area contributed by atoms with E-state index in [-0.39, 0.29) is 17.9 Å². The van der Waals surface area contributed by atoms with Crippen molar-refractivity contribution in [2.75, 3.05) is 5.75 Å². The average molecular weight is 478 g/mol. The lowest BCUT2D eigenvalue weighted by Gasteiger charge is -2.21. The minimum Gasteiger partial charge on any atom is -0.353 e. The second-order valence-corrected chi connectivity index (χ2v) is 9.91. The maximum absolute atomic E-state index is 12.9. The van der Waals surface area contributed by atoms with Gasteiger partial charge in [0.25, 0.3) is 5.91 Å². The van der Waals surface area contributed by atoms with E-state index in [1.165, 1.54) is 24.6 Å². The topological polar surface area (TPSA) is 88.9 Å². The minimum absolute atomic E-state index is 0.0276. The van der Waals surface area contributed by atoms with Crippen LogP contribution in [0.1, 0.15) is 75.1 Å². The molecular weight excluding hydrogens is 446 g/mol. The molecule has 0 aliphatic heterocycles. The predicted molar refractivity (Wildman–Crippen MR) is 128 cm³/mol. The molecule has 1 heterocycles. The van der Waals surface area contributed by atoms with Gasteiger partial charge in [0, 0.05) is 12.6 Å². The fourth-order valence-electron chi connectivity index (χ4n) is 4.01. The second kappa shape index (κ2) is 11.7. The number of thioether (sulfide) groups is 1. The maximum atomic E-state index is 12.9. The molecule has 32 heavy (non-hydrogen) atoms. The molecule has 0 saturated heterocycles. The first kappa shape index (κ1) is 24.6. The third-order valence-corrected chi connectivity index (χ3v) is 6.85. The van der Waals surface area contributed by atoms with E-state index in [2.05, 4.69) is 34.7 Å². The molecule has 1 saturated carbocycles. The van der Waals surface area contributed by atoms with Crippen molar-refractivity contribution >= 4 is 35.2 Å². The number of aromatic nitrogens is 3. The van der Waals surface area contributed by atoms with Crippen molar-refractivity contribution in [1.29, 1.82) is 0 Å². The average Bonchev–Trinajstić information content (AvgIpc) is 3.41. The number of rotatable bonds is 10. The number of hydrogen-bond donors (Lipinski definition) is 2. The van der Waals surface area contributed by atoms with Gasteiger partial charge in [-0.25, -0.2) is 0 Å². The smallest absolute Gasteiger partial charge is 0.253 e. The monoisotopic (exact) mass is 477 g/mol. The molecule has 2 amide bonds. The van der Waals surface area contributed by atoms with Gasteiger partial charge >= 0.3 is 0 Å². The SMILES string of the molecule is CCn1c(SCC(=O)NC2CCCC2)nnc1C(CC(C)C)NC(=O)c1ccccc1Cl. The fraction of sp³-hybridized carbons (Fsp3) is 0.565. The predicted octanol–water partition coefficient (Wildman–Crippen LogP) is 4.62. The van der Waals surface area contributed by atoms with Gasteiger partial charge in [-0.2, -0.15) is 0 Å². The summed E-state index contributed by atoms with van der Waals surface area (Å²) in [5, 5.41) is 16.0. The molecule has 0 bridgehead atoms. The van der Waals surface area contributed by atoms with Crippen LogP contribution < -0.4 is 10.6 Å². The highest BCUT2D eigenvalue weighted by Crippen LogP contribution is 2.26. The summed E-state index contributed by atoms with van der Waals surface area (Å²) in [5.41, 5.74) is 0.434. The highest BCUT2D eigenvalue weighted by atomic mass is 35.5. The Labute approximate surface area is 199 Å². The molecule has 7 nitrogen and oxygen atoms in total. The van der Waals surface area contributed by atoms with Crippen LogP contribution in [0.25, 0.3) is 0 Å². The van der Waals surface area contributed by atoms with Gasteiger partial charge in [0.15, 0.2) is 11.0 Å². The highest BCUT2D eigenvalue weighted by Gasteiger charge is 2.25. The zero-order valence-corrected chi connectivity index (χ0v) is 20.5. The number of carbonyl (C=O) groups is 2. The molecule has 2 aromatic rings. The molecule has 2 N–H and O–H groups in total. The summed E-state index contributed by atoms with van der Waals surface area (Å²) in [6.45, 7) is 6.86. The van der Waals surface area contributed by atoms with Gasteiger partial charge in [-0.3, -0.25) is 9.59 Å². The second-order valence-electron chi connectivity index (χ2n) is 8.56. The molecule has 1 atom stereocenters. The van der Waals surface area contributed by atoms with Gasteiger partial charge in [0.05, 0.1) is 22.4 Å². The normalized spacial score (nSPS) is 15.2. The van der Waals surface area contributed by atoms with E-state index in [9.17, 15) is 9.59 Å². The summed E-state index contributed by atoms with van der Waals surface area (Å²) in [7, 11) is 0. The Kier molecular flexibility index (Phi) is 8.99. The highest BCUT2D eigenvalue weighted by molar-refractivity contribution is 7.99. The van der Waals surface area contributed by atoms with Gasteiger partial charge in [-0.05, 0) is 44.2 Å². The third kappa shape index (κ3) is 6.48. The molecule has 1 aromatic heterocycles. The van der Waals surface area contributed by atoms with Crippen molar-refractivity contribution in [1.82, 2.24) is 25.4 Å². The van der Waals surface area contributed by atoms with E-state index in [1.807, 2.05) is 11.5 Å². The number of halogens is 1. The summed E-state index contributed by atoms with van der Waals surface area (Å²) in [4.78, 5) is 25.2. The summed E-state index contributed by atoms with van der Waals surface area (Å²) in [6, 6.07) is 6.99. The lowest BCUT2D eigenvalue weighted by molar-refractivity contribution is -0.119. The van der Waals surface area contributed by atoms with Crippen LogP contribution in [0.2, 0.25) is 5.02 Å². The molecule has 0 radical (unpaired) electrons. The molecule has 3 rings (SSSR count). The van der Waals surface area contributed by atoms with Gasteiger partial charge < -0.3 is 15.2 Å². The van der Waals surface area contributed by atoms with Gasteiger partial charge in [0.1, 0.15) is 0 Å². The summed E-state index contributed by atoms with van der Waals surface area (Å²) in [6.07, 6.45) is 5.20. The molecule has 1 unspecified atom stereocenters. The maximum Gasteiger partial charge on any atom is 0.253 e. The zero-order valence-electron chi connectivity index (χ0n) is 18.9. The molecule has 1 aromatic carbocycles. The minimum atomic E-state index is -0.312. The van der Waals surface area contributed by atoms with Crippen LogP contribution in [0, 0.1) is 5.92 Å². The number of nitrogens with zero attached hydrogens (tertiary/aromatic N) is 3. The Hall–Kier alpha value is -2.06. The van der Waals surface area contributed by atoms with Crippen LogP contribution in [0.5, 0.6) is 0 Å². The van der Waals surface area contributed by atoms with Crippen LogP contribution in [0.3, 0.4) is 0 Å². The van der Waals surface area contributed by atoms with E-state index in [4.69, 9.17) is 11.6 Å². The van der Waals surface area contributed by atoms with E-state index in [0.29, 0.717) is 52.2 Å². The Morgan fingerprint density at radius 1 is 1.22 bits per heavy atom. The Morgan fingerprint density at radius 2 is 1.94 bits per heavy atom.